The molecule has 1 aliphatic heterocycles. The zero-order chi connectivity index (χ0) is 35.3. The summed E-state index contributed by atoms with van der Waals surface area (Å²) in [6.07, 6.45) is 14.1. The van der Waals surface area contributed by atoms with E-state index in [9.17, 15) is 0 Å². The van der Waals surface area contributed by atoms with Crippen LogP contribution in [-0.2, 0) is 31.9 Å². The molecule has 0 N–H and O–H groups in total. The monoisotopic (exact) mass is 859 g/mol. The average Bonchev–Trinajstić information content (AvgIpc) is 3.89. The minimum absolute atomic E-state index is 0. The Bertz CT molecular complexity index is 2420. The van der Waals surface area contributed by atoms with Crippen LogP contribution in [-0.4, -0.2) is 16.9 Å². The maximum Gasteiger partial charge on any atom is 0.0662 e. The molecule has 7 aromatic rings. The van der Waals surface area contributed by atoms with Gasteiger partial charge in [-0.15, -0.1) is 35.2 Å². The number of nitrogens with zero attached hydrogens (tertiary/aromatic N) is 3. The van der Waals surface area contributed by atoms with Gasteiger partial charge >= 0.3 is 0 Å². The topological polar surface area (TPSA) is 19.4 Å². The molecular formula is C49H34N3Pt-3. The molecule has 0 saturated heterocycles. The van der Waals surface area contributed by atoms with Gasteiger partial charge in [0.1, 0.15) is 0 Å². The molecule has 10 rings (SSSR count). The number of anilines is 1. The van der Waals surface area contributed by atoms with E-state index in [0.717, 1.165) is 28.1 Å². The van der Waals surface area contributed by atoms with Crippen LogP contribution in [0.2, 0.25) is 0 Å². The zero-order valence-electron chi connectivity index (χ0n) is 29.1. The summed E-state index contributed by atoms with van der Waals surface area (Å²) in [5.41, 5.74) is 13.8. The maximum atomic E-state index is 5.10. The molecular weight excluding hydrogens is 826 g/mol. The van der Waals surface area contributed by atoms with Crippen LogP contribution < -0.4 is 4.90 Å². The summed E-state index contributed by atoms with van der Waals surface area (Å²) in [6.45, 7) is 2.08. The van der Waals surface area contributed by atoms with Crippen molar-refractivity contribution in [1.82, 2.24) is 9.88 Å². The fourth-order valence-corrected chi connectivity index (χ4v) is 8.81. The van der Waals surface area contributed by atoms with Crippen molar-refractivity contribution in [3.63, 3.8) is 0 Å². The van der Waals surface area contributed by atoms with Crippen LogP contribution in [0.3, 0.4) is 0 Å². The SMILES string of the molecule is C#C.CN1C=CN(c2[c-]c(C3(c4[c-]c(C5(c6ccccn6)c6ccccc6-c6ccccc65)ccc4)c4ccccc4-c4ccccc43)ccc2)[CH-]1.[Pt]. The van der Waals surface area contributed by atoms with Gasteiger partial charge in [-0.1, -0.05) is 103 Å². The van der Waals surface area contributed by atoms with Crippen molar-refractivity contribution < 1.29 is 21.1 Å². The minimum atomic E-state index is -0.669. The standard InChI is InChI=1S/C47H32N3.C2H2.Pt/c1-49-28-29-50(32-49)36-17-13-16-35(31-36)46(41-22-6-2-18-37(41)38-19-3-7-23-42(38)46)33-14-12-15-34(30-33)47(45-26-10-11-27-48-45)43-24-8-4-20-39(43)40-21-5-9-25-44(40)47;1-2;/h2-29,32H,1H3;1-2H;/q-3;;. The Kier molecular flexibility index (Phi) is 8.74. The molecule has 2 heterocycles. The van der Waals surface area contributed by atoms with Crippen molar-refractivity contribution in [2.24, 2.45) is 0 Å². The second-order valence-electron chi connectivity index (χ2n) is 13.3. The number of aromatic nitrogens is 1. The van der Waals surface area contributed by atoms with E-state index in [1.54, 1.807) is 0 Å². The molecule has 2 aliphatic carbocycles. The van der Waals surface area contributed by atoms with Gasteiger partial charge in [-0.25, -0.2) is 0 Å². The summed E-state index contributed by atoms with van der Waals surface area (Å²) < 4.78 is 0. The number of rotatable bonds is 5. The van der Waals surface area contributed by atoms with E-state index in [0.29, 0.717) is 0 Å². The predicted molar refractivity (Wildman–Crippen MR) is 210 cm³/mol. The van der Waals surface area contributed by atoms with Crippen LogP contribution >= 0.6 is 0 Å². The Morgan fingerprint density at radius 1 is 0.509 bits per heavy atom. The van der Waals surface area contributed by atoms with Crippen molar-refractivity contribution >= 4 is 5.69 Å². The van der Waals surface area contributed by atoms with Gasteiger partial charge in [-0.2, -0.15) is 55.2 Å². The number of terminal acetylenes is 1. The average molecular weight is 860 g/mol. The molecule has 3 nitrogen and oxygen atoms in total. The molecule has 258 valence electrons. The first-order valence-electron chi connectivity index (χ1n) is 17.4. The Labute approximate surface area is 326 Å². The minimum Gasteiger partial charge on any atom is -0.510 e. The fraction of sp³-hybridized carbons (Fsp3) is 0.0612. The third-order valence-corrected chi connectivity index (χ3v) is 10.8. The molecule has 1 aromatic heterocycles. The van der Waals surface area contributed by atoms with E-state index >= 15 is 0 Å². The van der Waals surface area contributed by atoms with Crippen molar-refractivity contribution in [3.05, 3.63) is 234 Å². The van der Waals surface area contributed by atoms with Crippen LogP contribution in [0.1, 0.15) is 44.6 Å². The Morgan fingerprint density at radius 3 is 1.45 bits per heavy atom. The zero-order valence-corrected chi connectivity index (χ0v) is 31.3. The van der Waals surface area contributed by atoms with Gasteiger partial charge in [0.15, 0.2) is 0 Å². The fourth-order valence-electron chi connectivity index (χ4n) is 8.81. The second kappa shape index (κ2) is 13.6. The molecule has 0 bridgehead atoms. The van der Waals surface area contributed by atoms with Gasteiger partial charge < -0.3 is 9.80 Å². The van der Waals surface area contributed by atoms with Gasteiger partial charge in [-0.05, 0) is 76.1 Å². The summed E-state index contributed by atoms with van der Waals surface area (Å²) in [5, 5.41) is 0. The Hall–Kier alpha value is -5.94. The first-order valence-corrected chi connectivity index (χ1v) is 17.4. The molecule has 4 heteroatoms. The van der Waals surface area contributed by atoms with Crippen LogP contribution in [0, 0.1) is 31.6 Å². The first kappa shape index (κ1) is 34.2. The van der Waals surface area contributed by atoms with E-state index in [1.807, 2.05) is 19.3 Å². The summed E-state index contributed by atoms with van der Waals surface area (Å²) in [4.78, 5) is 9.29. The van der Waals surface area contributed by atoms with Crippen LogP contribution in [0.5, 0.6) is 0 Å². The molecule has 0 spiro atoms. The number of hydrogen-bond acceptors (Lipinski definition) is 3. The van der Waals surface area contributed by atoms with E-state index in [-0.39, 0.29) is 21.1 Å². The molecule has 0 amide bonds. The normalized spacial score (nSPS) is 14.9. The van der Waals surface area contributed by atoms with Crippen molar-refractivity contribution in [1.29, 1.82) is 0 Å². The molecule has 0 unspecified atom stereocenters. The first-order chi connectivity index (χ1) is 25.7. The molecule has 0 saturated carbocycles. The van der Waals surface area contributed by atoms with E-state index in [4.69, 9.17) is 4.98 Å². The smallest absolute Gasteiger partial charge is 0.0662 e. The number of fused-ring (bicyclic) bond motifs is 6. The molecule has 53 heavy (non-hydrogen) atoms. The molecule has 3 aliphatic rings. The molecule has 6 aromatic carbocycles. The third-order valence-electron chi connectivity index (χ3n) is 10.8. The molecule has 0 radical (unpaired) electrons. The van der Waals surface area contributed by atoms with Crippen LogP contribution in [0.15, 0.2) is 170 Å². The van der Waals surface area contributed by atoms with Crippen LogP contribution in [0.25, 0.3) is 22.3 Å². The van der Waals surface area contributed by atoms with E-state index in [2.05, 4.69) is 199 Å². The van der Waals surface area contributed by atoms with Gasteiger partial charge in [0.2, 0.25) is 0 Å². The molecule has 0 fully saturated rings. The van der Waals surface area contributed by atoms with E-state index in [1.165, 1.54) is 44.5 Å². The van der Waals surface area contributed by atoms with Gasteiger partial charge in [0.25, 0.3) is 0 Å². The van der Waals surface area contributed by atoms with Crippen LogP contribution in [0.4, 0.5) is 5.69 Å². The number of pyridine rings is 1. The summed E-state index contributed by atoms with van der Waals surface area (Å²) in [6, 6.07) is 62.9. The van der Waals surface area contributed by atoms with Gasteiger partial charge in [0.05, 0.1) is 11.1 Å². The van der Waals surface area contributed by atoms with E-state index < -0.39 is 10.8 Å². The second-order valence-corrected chi connectivity index (χ2v) is 13.3. The quantitative estimate of drug-likeness (QED) is 0.127. The molecule has 0 atom stereocenters. The van der Waals surface area contributed by atoms with Crippen molar-refractivity contribution in [2.45, 2.75) is 10.8 Å². The summed E-state index contributed by atoms with van der Waals surface area (Å²) >= 11 is 0. The number of benzene rings is 6. The van der Waals surface area contributed by atoms with Gasteiger partial charge in [-0.3, -0.25) is 4.98 Å². The summed E-state index contributed by atoms with van der Waals surface area (Å²) in [5.74, 6) is 0. The largest absolute Gasteiger partial charge is 0.510 e. The van der Waals surface area contributed by atoms with Crippen molar-refractivity contribution in [2.75, 3.05) is 11.9 Å². The van der Waals surface area contributed by atoms with Crippen molar-refractivity contribution in [3.8, 4) is 35.1 Å². The Morgan fingerprint density at radius 2 is 0.962 bits per heavy atom. The third kappa shape index (κ3) is 4.90. The van der Waals surface area contributed by atoms with Gasteiger partial charge in [0, 0.05) is 32.7 Å². The maximum absolute atomic E-state index is 5.10. The Balaban J connectivity index is 0.00000131. The summed E-state index contributed by atoms with van der Waals surface area (Å²) in [7, 11) is 2.04. The predicted octanol–water partition coefficient (Wildman–Crippen LogP) is 10.00. The number of hydrogen-bond donors (Lipinski definition) is 0.